The number of hydrogen-bond donors (Lipinski definition) is 1. The van der Waals surface area contributed by atoms with E-state index < -0.39 is 6.09 Å². The van der Waals surface area contributed by atoms with Crippen LogP contribution in [-0.2, 0) is 11.8 Å². The molecule has 0 spiro atoms. The Morgan fingerprint density at radius 2 is 1.94 bits per heavy atom. The molecular weight excluding hydrogens is 428 g/mol. The summed E-state index contributed by atoms with van der Waals surface area (Å²) in [4.78, 5) is 27.2. The molecule has 1 fully saturated rings. The van der Waals surface area contributed by atoms with Crippen LogP contribution in [0, 0.1) is 6.92 Å². The number of cyclic esters (lactones) is 1. The fraction of sp³-hybridized carbons (Fsp3) is 0.308. The Bertz CT molecular complexity index is 1350. The molecule has 2 aromatic carbocycles. The fourth-order valence-electron chi connectivity index (χ4n) is 4.44. The molecular formula is C26H28N6O2. The zero-order chi connectivity index (χ0) is 23.8. The summed E-state index contributed by atoms with van der Waals surface area (Å²) < 4.78 is 7.36. The van der Waals surface area contributed by atoms with E-state index in [0.717, 1.165) is 17.5 Å². The summed E-state index contributed by atoms with van der Waals surface area (Å²) in [6, 6.07) is 16.8. The topological polar surface area (TPSA) is 85.2 Å². The maximum absolute atomic E-state index is 12.3. The lowest BCUT2D eigenvalue weighted by atomic mass is 10.0. The van der Waals surface area contributed by atoms with Crippen LogP contribution in [0.15, 0.2) is 54.7 Å². The molecule has 5 rings (SSSR count). The Labute approximate surface area is 198 Å². The minimum absolute atomic E-state index is 0.0540. The summed E-state index contributed by atoms with van der Waals surface area (Å²) in [5, 5.41) is 4.59. The summed E-state index contributed by atoms with van der Waals surface area (Å²) >= 11 is 0. The first kappa shape index (κ1) is 21.9. The molecule has 1 saturated heterocycles. The van der Waals surface area contributed by atoms with Crippen molar-refractivity contribution < 1.29 is 9.53 Å². The molecule has 1 aliphatic heterocycles. The normalized spacial score (nSPS) is 16.6. The van der Waals surface area contributed by atoms with E-state index in [0.29, 0.717) is 24.3 Å². The second-order valence-electron chi connectivity index (χ2n) is 8.68. The van der Waals surface area contributed by atoms with E-state index in [2.05, 4.69) is 87.5 Å². The second kappa shape index (κ2) is 8.78. The van der Waals surface area contributed by atoms with Crippen molar-refractivity contribution in [3.8, 4) is 11.1 Å². The lowest BCUT2D eigenvalue weighted by molar-refractivity contribution is 0.178. The van der Waals surface area contributed by atoms with E-state index in [1.165, 1.54) is 21.4 Å². The van der Waals surface area contributed by atoms with Gasteiger partial charge in [-0.15, -0.1) is 0 Å². The molecule has 0 unspecified atom stereocenters. The SMILES string of the molecule is CC[C@H]1COC(=O)N1c1nc(C)nc(N[C@@H](C)c2ccc3c(-c4ccccc4)cn(C)c3c2)n1. The molecule has 34 heavy (non-hydrogen) atoms. The van der Waals surface area contributed by atoms with Crippen LogP contribution in [0.4, 0.5) is 16.7 Å². The molecule has 8 nitrogen and oxygen atoms in total. The summed E-state index contributed by atoms with van der Waals surface area (Å²) in [6.45, 7) is 6.23. The molecule has 0 aliphatic carbocycles. The highest BCUT2D eigenvalue weighted by Crippen LogP contribution is 2.32. The van der Waals surface area contributed by atoms with Crippen molar-refractivity contribution in [1.29, 1.82) is 0 Å². The highest BCUT2D eigenvalue weighted by atomic mass is 16.6. The number of nitrogens with one attached hydrogen (secondary N) is 1. The number of amides is 1. The predicted octanol–water partition coefficient (Wildman–Crippen LogP) is 5.25. The van der Waals surface area contributed by atoms with Gasteiger partial charge in [0.25, 0.3) is 0 Å². The van der Waals surface area contributed by atoms with Crippen molar-refractivity contribution in [1.82, 2.24) is 19.5 Å². The first-order chi connectivity index (χ1) is 16.4. The van der Waals surface area contributed by atoms with E-state index in [1.807, 2.05) is 13.0 Å². The molecule has 4 aromatic rings. The number of ether oxygens (including phenoxy) is 1. The van der Waals surface area contributed by atoms with Crippen LogP contribution in [0.1, 0.15) is 37.7 Å². The van der Waals surface area contributed by atoms with Gasteiger partial charge in [0, 0.05) is 29.7 Å². The van der Waals surface area contributed by atoms with Crippen molar-refractivity contribution in [3.05, 3.63) is 66.1 Å². The Balaban J connectivity index is 1.43. The van der Waals surface area contributed by atoms with Crippen LogP contribution in [0.2, 0.25) is 0 Å². The number of anilines is 2. The standard InChI is InChI=1S/C26H28N6O2/c1-5-20-15-34-26(33)32(20)25-29-17(3)28-24(30-25)27-16(2)19-11-12-21-22(14-31(4)23(21)13-19)18-9-7-6-8-10-18/h6-14,16,20H,5,15H2,1-4H3,(H,27,28,29,30)/t16-,20-/m0/s1. The molecule has 1 amide bonds. The third kappa shape index (κ3) is 3.96. The summed E-state index contributed by atoms with van der Waals surface area (Å²) in [5.41, 5.74) is 4.68. The average molecular weight is 457 g/mol. The van der Waals surface area contributed by atoms with Crippen molar-refractivity contribution in [2.45, 2.75) is 39.3 Å². The number of rotatable bonds is 6. The molecule has 0 bridgehead atoms. The molecule has 0 saturated carbocycles. The number of fused-ring (bicyclic) bond motifs is 1. The molecule has 0 radical (unpaired) electrons. The van der Waals surface area contributed by atoms with E-state index in [9.17, 15) is 4.79 Å². The van der Waals surface area contributed by atoms with Gasteiger partial charge < -0.3 is 14.6 Å². The number of nitrogens with zero attached hydrogens (tertiary/aromatic N) is 5. The number of aromatic nitrogens is 4. The quantitative estimate of drug-likeness (QED) is 0.427. The first-order valence-electron chi connectivity index (χ1n) is 11.5. The van der Waals surface area contributed by atoms with E-state index >= 15 is 0 Å². The number of hydrogen-bond acceptors (Lipinski definition) is 6. The smallest absolute Gasteiger partial charge is 0.417 e. The maximum Gasteiger partial charge on any atom is 0.417 e. The molecule has 2 atom stereocenters. The summed E-state index contributed by atoms with van der Waals surface area (Å²) in [6.07, 6.45) is 2.51. The number of benzene rings is 2. The van der Waals surface area contributed by atoms with Crippen molar-refractivity contribution in [3.63, 3.8) is 0 Å². The van der Waals surface area contributed by atoms with Crippen LogP contribution in [-0.4, -0.2) is 38.3 Å². The highest BCUT2D eigenvalue weighted by molar-refractivity contribution is 5.96. The Morgan fingerprint density at radius 3 is 2.71 bits per heavy atom. The van der Waals surface area contributed by atoms with Crippen molar-refractivity contribution >= 4 is 28.9 Å². The molecule has 8 heteroatoms. The Morgan fingerprint density at radius 1 is 1.15 bits per heavy atom. The third-order valence-electron chi connectivity index (χ3n) is 6.33. The second-order valence-corrected chi connectivity index (χ2v) is 8.68. The van der Waals surface area contributed by atoms with Crippen LogP contribution < -0.4 is 10.2 Å². The summed E-state index contributed by atoms with van der Waals surface area (Å²) in [5.74, 6) is 1.29. The lowest BCUT2D eigenvalue weighted by Gasteiger charge is -2.20. The van der Waals surface area contributed by atoms with Gasteiger partial charge in [0.15, 0.2) is 0 Å². The maximum atomic E-state index is 12.3. The molecule has 1 N–H and O–H groups in total. The van der Waals surface area contributed by atoms with Crippen molar-refractivity contribution in [2.24, 2.45) is 7.05 Å². The Kier molecular flexibility index (Phi) is 5.65. The van der Waals surface area contributed by atoms with Gasteiger partial charge in [0.2, 0.25) is 11.9 Å². The van der Waals surface area contributed by atoms with Crippen LogP contribution in [0.3, 0.4) is 0 Å². The van der Waals surface area contributed by atoms with Gasteiger partial charge in [-0.3, -0.25) is 0 Å². The highest BCUT2D eigenvalue weighted by Gasteiger charge is 2.35. The van der Waals surface area contributed by atoms with E-state index in [4.69, 9.17) is 4.74 Å². The van der Waals surface area contributed by atoms with Gasteiger partial charge in [-0.05, 0) is 37.5 Å². The molecule has 1 aliphatic rings. The predicted molar refractivity (Wildman–Crippen MR) is 133 cm³/mol. The zero-order valence-corrected chi connectivity index (χ0v) is 19.8. The van der Waals surface area contributed by atoms with E-state index in [-0.39, 0.29) is 12.1 Å². The van der Waals surface area contributed by atoms with Crippen LogP contribution >= 0.6 is 0 Å². The molecule has 3 heterocycles. The number of carbonyl (C=O) groups is 1. The average Bonchev–Trinajstić information content (AvgIpc) is 3.38. The fourth-order valence-corrected chi connectivity index (χ4v) is 4.44. The van der Waals surface area contributed by atoms with E-state index in [1.54, 1.807) is 6.92 Å². The lowest BCUT2D eigenvalue weighted by Crippen LogP contribution is -2.34. The minimum Gasteiger partial charge on any atom is -0.447 e. The van der Waals surface area contributed by atoms with Gasteiger partial charge in [0.05, 0.1) is 12.1 Å². The van der Waals surface area contributed by atoms with Gasteiger partial charge >= 0.3 is 6.09 Å². The van der Waals surface area contributed by atoms with Crippen LogP contribution in [0.25, 0.3) is 22.0 Å². The molecule has 174 valence electrons. The molecule has 2 aromatic heterocycles. The number of aryl methyl sites for hydroxylation is 2. The van der Waals surface area contributed by atoms with Gasteiger partial charge in [-0.2, -0.15) is 15.0 Å². The number of carbonyl (C=O) groups excluding carboxylic acids is 1. The van der Waals surface area contributed by atoms with Gasteiger partial charge in [0.1, 0.15) is 12.4 Å². The first-order valence-corrected chi connectivity index (χ1v) is 11.5. The van der Waals surface area contributed by atoms with Crippen LogP contribution in [0.5, 0.6) is 0 Å². The third-order valence-corrected chi connectivity index (χ3v) is 6.33. The van der Waals surface area contributed by atoms with Gasteiger partial charge in [-0.25, -0.2) is 9.69 Å². The van der Waals surface area contributed by atoms with Gasteiger partial charge in [-0.1, -0.05) is 49.4 Å². The zero-order valence-electron chi connectivity index (χ0n) is 19.8. The largest absolute Gasteiger partial charge is 0.447 e. The Hall–Kier alpha value is -3.94. The summed E-state index contributed by atoms with van der Waals surface area (Å²) in [7, 11) is 2.07. The minimum atomic E-state index is -0.417. The van der Waals surface area contributed by atoms with Crippen molar-refractivity contribution in [2.75, 3.05) is 16.8 Å². The monoisotopic (exact) mass is 456 g/mol.